The van der Waals surface area contributed by atoms with Gasteiger partial charge in [0.15, 0.2) is 0 Å². The lowest BCUT2D eigenvalue weighted by molar-refractivity contribution is -0.514. The fourth-order valence-corrected chi connectivity index (χ4v) is 3.11. The largest absolute Gasteiger partial charge is 1.00 e. The summed E-state index contributed by atoms with van der Waals surface area (Å²) in [6.45, 7) is 9.60. The van der Waals surface area contributed by atoms with Gasteiger partial charge in [0.25, 0.3) is 0 Å². The highest BCUT2D eigenvalue weighted by atomic mass is 35.5. The molecule has 0 bridgehead atoms. The quantitative estimate of drug-likeness (QED) is 0.349. The van der Waals surface area contributed by atoms with Crippen molar-refractivity contribution in [3.8, 4) is 0 Å². The third kappa shape index (κ3) is 11.3. The van der Waals surface area contributed by atoms with Crippen molar-refractivity contribution in [2.75, 3.05) is 26.2 Å². The summed E-state index contributed by atoms with van der Waals surface area (Å²) in [4.78, 5) is 2.53. The molecule has 0 radical (unpaired) electrons. The highest BCUT2D eigenvalue weighted by molar-refractivity contribution is 5.50. The van der Waals surface area contributed by atoms with Gasteiger partial charge in [-0.05, 0) is 19.3 Å². The molecule has 0 unspecified atom stereocenters. The molecule has 0 aliphatic carbocycles. The Morgan fingerprint density at radius 1 is 0.773 bits per heavy atom. The Bertz CT molecular complexity index is 266. The van der Waals surface area contributed by atoms with E-state index in [1.54, 1.807) is 0 Å². The molecule has 1 aliphatic rings. The highest BCUT2D eigenvalue weighted by Crippen LogP contribution is 2.11. The SMILES string of the molecule is CCCCCCCCCCCCN1C=[N+](CCCC)CC1.[Cl-]. The summed E-state index contributed by atoms with van der Waals surface area (Å²) < 4.78 is 2.50. The minimum absolute atomic E-state index is 0. The minimum atomic E-state index is 0. The van der Waals surface area contributed by atoms with E-state index in [9.17, 15) is 0 Å². The van der Waals surface area contributed by atoms with Crippen molar-refractivity contribution in [3.63, 3.8) is 0 Å². The summed E-state index contributed by atoms with van der Waals surface area (Å²) in [5.74, 6) is 0. The topological polar surface area (TPSA) is 6.25 Å². The van der Waals surface area contributed by atoms with Crippen LogP contribution in [0.2, 0.25) is 0 Å². The first-order valence-corrected chi connectivity index (χ1v) is 9.70. The van der Waals surface area contributed by atoms with Gasteiger partial charge >= 0.3 is 0 Å². The van der Waals surface area contributed by atoms with Crippen molar-refractivity contribution in [2.45, 2.75) is 90.9 Å². The molecular weight excluding hydrogens is 292 g/mol. The second-order valence-electron chi connectivity index (χ2n) is 6.72. The van der Waals surface area contributed by atoms with Gasteiger partial charge in [0.05, 0.1) is 13.1 Å². The second kappa shape index (κ2) is 15.6. The fourth-order valence-electron chi connectivity index (χ4n) is 3.11. The first-order valence-electron chi connectivity index (χ1n) is 9.70. The lowest BCUT2D eigenvalue weighted by atomic mass is 10.1. The number of halogens is 1. The van der Waals surface area contributed by atoms with Crippen LogP contribution >= 0.6 is 0 Å². The van der Waals surface area contributed by atoms with E-state index >= 15 is 0 Å². The summed E-state index contributed by atoms with van der Waals surface area (Å²) in [6, 6.07) is 0. The third-order valence-electron chi connectivity index (χ3n) is 4.60. The van der Waals surface area contributed by atoms with E-state index in [1.165, 1.54) is 103 Å². The molecule has 0 spiro atoms. The molecule has 0 amide bonds. The van der Waals surface area contributed by atoms with Gasteiger partial charge in [0, 0.05) is 0 Å². The summed E-state index contributed by atoms with van der Waals surface area (Å²) in [5.41, 5.74) is 0. The molecule has 0 aromatic rings. The number of nitrogens with zero attached hydrogens (tertiary/aromatic N) is 2. The summed E-state index contributed by atoms with van der Waals surface area (Å²) >= 11 is 0. The Balaban J connectivity index is 0.00000441. The number of hydrogen-bond acceptors (Lipinski definition) is 1. The fraction of sp³-hybridized carbons (Fsp3) is 0.947. The van der Waals surface area contributed by atoms with Gasteiger partial charge in [-0.15, -0.1) is 0 Å². The van der Waals surface area contributed by atoms with Crippen molar-refractivity contribution in [2.24, 2.45) is 0 Å². The monoisotopic (exact) mass is 330 g/mol. The number of unbranched alkanes of at least 4 members (excludes halogenated alkanes) is 10. The van der Waals surface area contributed by atoms with Gasteiger partial charge in [0.2, 0.25) is 6.34 Å². The van der Waals surface area contributed by atoms with Crippen LogP contribution in [-0.2, 0) is 0 Å². The summed E-state index contributed by atoms with van der Waals surface area (Å²) in [7, 11) is 0. The Hall–Kier alpha value is -0.240. The van der Waals surface area contributed by atoms with E-state index in [-0.39, 0.29) is 12.4 Å². The molecule has 0 saturated carbocycles. The van der Waals surface area contributed by atoms with E-state index in [2.05, 4.69) is 29.7 Å². The van der Waals surface area contributed by atoms with Gasteiger partial charge < -0.3 is 12.4 Å². The van der Waals surface area contributed by atoms with Gasteiger partial charge in [-0.25, -0.2) is 0 Å². The minimum Gasteiger partial charge on any atom is -1.00 e. The van der Waals surface area contributed by atoms with E-state index < -0.39 is 0 Å². The molecule has 1 heterocycles. The molecular formula is C19H39ClN2. The van der Waals surface area contributed by atoms with E-state index in [1.807, 2.05) is 0 Å². The normalized spacial score (nSPS) is 14.1. The number of rotatable bonds is 14. The van der Waals surface area contributed by atoms with Crippen molar-refractivity contribution in [1.82, 2.24) is 4.90 Å². The zero-order valence-electron chi connectivity index (χ0n) is 15.2. The van der Waals surface area contributed by atoms with Crippen LogP contribution in [0.3, 0.4) is 0 Å². The van der Waals surface area contributed by atoms with Crippen LogP contribution in [0.5, 0.6) is 0 Å². The Morgan fingerprint density at radius 3 is 1.91 bits per heavy atom. The molecule has 2 nitrogen and oxygen atoms in total. The summed E-state index contributed by atoms with van der Waals surface area (Å²) in [6.07, 6.45) is 19.4. The first kappa shape index (κ1) is 21.8. The van der Waals surface area contributed by atoms with Crippen molar-refractivity contribution in [1.29, 1.82) is 0 Å². The van der Waals surface area contributed by atoms with E-state index in [4.69, 9.17) is 0 Å². The average Bonchev–Trinajstić information content (AvgIpc) is 2.95. The van der Waals surface area contributed by atoms with Crippen LogP contribution in [0.25, 0.3) is 0 Å². The Morgan fingerprint density at radius 2 is 1.32 bits per heavy atom. The molecule has 0 aromatic heterocycles. The van der Waals surface area contributed by atoms with E-state index in [0.29, 0.717) is 0 Å². The van der Waals surface area contributed by atoms with Crippen molar-refractivity contribution in [3.05, 3.63) is 0 Å². The maximum atomic E-state index is 2.53. The lowest BCUT2D eigenvalue weighted by Crippen LogP contribution is -3.00. The molecule has 3 heteroatoms. The van der Waals surface area contributed by atoms with E-state index in [0.717, 1.165) is 0 Å². The highest BCUT2D eigenvalue weighted by Gasteiger charge is 2.17. The smallest absolute Gasteiger partial charge is 0.234 e. The predicted octanol–water partition coefficient (Wildman–Crippen LogP) is 2.07. The zero-order chi connectivity index (χ0) is 15.2. The molecule has 1 rings (SSSR count). The van der Waals surface area contributed by atoms with Crippen LogP contribution in [0.4, 0.5) is 0 Å². The summed E-state index contributed by atoms with van der Waals surface area (Å²) in [5, 5.41) is 0. The first-order chi connectivity index (χ1) is 10.4. The Kier molecular flexibility index (Phi) is 15.5. The molecule has 1 aliphatic heterocycles. The molecule has 22 heavy (non-hydrogen) atoms. The van der Waals surface area contributed by atoms with Gasteiger partial charge in [-0.2, -0.15) is 0 Å². The van der Waals surface area contributed by atoms with Crippen LogP contribution in [-0.4, -0.2) is 42.0 Å². The Labute approximate surface area is 145 Å². The van der Waals surface area contributed by atoms with Gasteiger partial charge in [0.1, 0.15) is 13.1 Å². The average molecular weight is 331 g/mol. The van der Waals surface area contributed by atoms with Crippen LogP contribution in [0.15, 0.2) is 0 Å². The van der Waals surface area contributed by atoms with Crippen LogP contribution < -0.4 is 12.4 Å². The van der Waals surface area contributed by atoms with Crippen molar-refractivity contribution < 1.29 is 17.0 Å². The standard InChI is InChI=1S/C19H39N2.ClH/c1-3-5-7-8-9-10-11-12-13-14-16-21-18-17-20(19-21)15-6-4-2;/h19H,3-18H2,1-2H3;1H/q+1;/p-1. The van der Waals surface area contributed by atoms with Gasteiger partial charge in [-0.3, -0.25) is 9.48 Å². The zero-order valence-corrected chi connectivity index (χ0v) is 15.9. The second-order valence-corrected chi connectivity index (χ2v) is 6.72. The third-order valence-corrected chi connectivity index (χ3v) is 4.60. The van der Waals surface area contributed by atoms with Gasteiger partial charge in [-0.1, -0.05) is 71.6 Å². The molecule has 0 fully saturated rings. The number of hydrogen-bond donors (Lipinski definition) is 0. The van der Waals surface area contributed by atoms with Crippen LogP contribution in [0, 0.1) is 0 Å². The maximum Gasteiger partial charge on any atom is 0.234 e. The van der Waals surface area contributed by atoms with Crippen LogP contribution in [0.1, 0.15) is 90.9 Å². The molecule has 0 N–H and O–H groups in total. The molecule has 0 saturated heterocycles. The maximum absolute atomic E-state index is 2.53. The lowest BCUT2D eigenvalue weighted by Gasteiger charge is -2.06. The van der Waals surface area contributed by atoms with Crippen molar-refractivity contribution >= 4 is 6.34 Å². The molecule has 0 aromatic carbocycles. The molecule has 0 atom stereocenters. The predicted molar refractivity (Wildman–Crippen MR) is 94.4 cm³/mol. The molecule has 132 valence electrons.